The number of hydrogen-bond acceptors (Lipinski definition) is 4. The molecule has 0 spiro atoms. The topological polar surface area (TPSA) is 61.4 Å². The molecule has 6 heteroatoms. The van der Waals surface area contributed by atoms with Crippen LogP contribution in [-0.4, -0.2) is 60.9 Å². The molecule has 1 atom stereocenters. The molecule has 0 saturated carbocycles. The van der Waals surface area contributed by atoms with Gasteiger partial charge in [-0.3, -0.25) is 14.5 Å². The highest BCUT2D eigenvalue weighted by Crippen LogP contribution is 2.26. The minimum atomic E-state index is -0.555. The number of nitrogens with one attached hydrogen (secondary N) is 2. The van der Waals surface area contributed by atoms with Crippen molar-refractivity contribution < 1.29 is 9.59 Å². The maximum absolute atomic E-state index is 11.4. The number of thioether (sulfide) groups is 1. The van der Waals surface area contributed by atoms with Crippen LogP contribution >= 0.6 is 11.8 Å². The van der Waals surface area contributed by atoms with Gasteiger partial charge in [-0.25, -0.2) is 0 Å². The maximum atomic E-state index is 11.4. The first-order valence-corrected chi connectivity index (χ1v) is 8.18. The molecule has 0 aliphatic carbocycles. The van der Waals surface area contributed by atoms with E-state index in [1.54, 1.807) is 0 Å². The zero-order valence-corrected chi connectivity index (χ0v) is 12.3. The van der Waals surface area contributed by atoms with E-state index in [0.717, 1.165) is 32.0 Å². The Balaban J connectivity index is 1.66. The molecule has 0 bridgehead atoms. The standard InChI is InChI=1S/C13H23N3O2S/c1-14-12(17)13(18)15-8-10-2-5-16(6-3-10)11-4-7-19-9-11/h10-11H,2-9H2,1H3,(H,14,17)(H,15,18)/t11-/m1/s1. The fourth-order valence-electron chi connectivity index (χ4n) is 2.76. The minimum absolute atomic E-state index is 0.513. The molecule has 2 aliphatic rings. The summed E-state index contributed by atoms with van der Waals surface area (Å²) in [5.74, 6) is 2.02. The number of likely N-dealkylation sites (N-methyl/N-ethyl adjacent to an activating group) is 1. The van der Waals surface area contributed by atoms with Crippen molar-refractivity contribution in [1.29, 1.82) is 0 Å². The average molecular weight is 285 g/mol. The van der Waals surface area contributed by atoms with E-state index in [-0.39, 0.29) is 0 Å². The van der Waals surface area contributed by atoms with Crippen LogP contribution in [0.1, 0.15) is 19.3 Å². The van der Waals surface area contributed by atoms with Crippen LogP contribution in [0.4, 0.5) is 0 Å². The van der Waals surface area contributed by atoms with Crippen molar-refractivity contribution in [3.05, 3.63) is 0 Å². The lowest BCUT2D eigenvalue weighted by atomic mass is 9.95. The van der Waals surface area contributed by atoms with E-state index < -0.39 is 11.8 Å². The molecule has 2 N–H and O–H groups in total. The van der Waals surface area contributed by atoms with E-state index in [2.05, 4.69) is 27.3 Å². The number of rotatable bonds is 3. The molecule has 2 aliphatic heterocycles. The Kier molecular flexibility index (Phi) is 5.51. The van der Waals surface area contributed by atoms with Crippen LogP contribution in [0.3, 0.4) is 0 Å². The van der Waals surface area contributed by atoms with Gasteiger partial charge < -0.3 is 10.6 Å². The summed E-state index contributed by atoms with van der Waals surface area (Å²) in [5.41, 5.74) is 0. The number of hydrogen-bond donors (Lipinski definition) is 2. The summed E-state index contributed by atoms with van der Waals surface area (Å²) in [6.45, 7) is 2.89. The summed E-state index contributed by atoms with van der Waals surface area (Å²) in [6.07, 6.45) is 3.56. The lowest BCUT2D eigenvalue weighted by Gasteiger charge is -2.35. The van der Waals surface area contributed by atoms with Gasteiger partial charge in [0.25, 0.3) is 0 Å². The summed E-state index contributed by atoms with van der Waals surface area (Å²) < 4.78 is 0. The summed E-state index contributed by atoms with van der Waals surface area (Å²) >= 11 is 2.05. The molecular formula is C13H23N3O2S. The van der Waals surface area contributed by atoms with Gasteiger partial charge in [-0.1, -0.05) is 0 Å². The van der Waals surface area contributed by atoms with E-state index >= 15 is 0 Å². The Morgan fingerprint density at radius 1 is 1.21 bits per heavy atom. The second-order valence-corrected chi connectivity index (χ2v) is 6.44. The first-order chi connectivity index (χ1) is 9.20. The van der Waals surface area contributed by atoms with Gasteiger partial charge in [-0.15, -0.1) is 0 Å². The molecule has 2 fully saturated rings. The van der Waals surface area contributed by atoms with Gasteiger partial charge in [0.05, 0.1) is 0 Å². The molecule has 0 aromatic carbocycles. The van der Waals surface area contributed by atoms with Crippen molar-refractivity contribution in [2.75, 3.05) is 38.2 Å². The van der Waals surface area contributed by atoms with Crippen LogP contribution in [0.15, 0.2) is 0 Å². The molecule has 19 heavy (non-hydrogen) atoms. The third-order valence-electron chi connectivity index (χ3n) is 4.06. The van der Waals surface area contributed by atoms with Crippen molar-refractivity contribution in [3.63, 3.8) is 0 Å². The third kappa shape index (κ3) is 4.11. The highest BCUT2D eigenvalue weighted by Gasteiger charge is 2.27. The molecule has 0 aromatic heterocycles. The fraction of sp³-hybridized carbons (Fsp3) is 0.846. The first kappa shape index (κ1) is 14.7. The number of piperidine rings is 1. The Bertz CT molecular complexity index is 324. The van der Waals surface area contributed by atoms with E-state index in [9.17, 15) is 9.59 Å². The van der Waals surface area contributed by atoms with Gasteiger partial charge in [0.2, 0.25) is 0 Å². The highest BCUT2D eigenvalue weighted by atomic mass is 32.2. The van der Waals surface area contributed by atoms with Crippen molar-refractivity contribution in [2.24, 2.45) is 5.92 Å². The number of carbonyl (C=O) groups is 2. The predicted octanol–water partition coefficient (Wildman–Crippen LogP) is 0.0661. The van der Waals surface area contributed by atoms with Gasteiger partial charge in [-0.05, 0) is 44.0 Å². The predicted molar refractivity (Wildman–Crippen MR) is 77.1 cm³/mol. The van der Waals surface area contributed by atoms with Crippen molar-refractivity contribution >= 4 is 23.6 Å². The fourth-order valence-corrected chi connectivity index (χ4v) is 4.02. The SMILES string of the molecule is CNC(=O)C(=O)NCC1CCN([C@@H]2CCSC2)CC1. The average Bonchev–Trinajstić information content (AvgIpc) is 2.98. The quantitative estimate of drug-likeness (QED) is 0.720. The summed E-state index contributed by atoms with van der Waals surface area (Å²) in [6, 6.07) is 0.770. The number of nitrogens with zero attached hydrogens (tertiary/aromatic N) is 1. The Labute approximate surface area is 118 Å². The van der Waals surface area contributed by atoms with Gasteiger partial charge in [0.1, 0.15) is 0 Å². The summed E-state index contributed by atoms with van der Waals surface area (Å²) in [4.78, 5) is 25.0. The van der Waals surface area contributed by atoms with Gasteiger partial charge in [-0.2, -0.15) is 11.8 Å². The van der Waals surface area contributed by atoms with Crippen molar-refractivity contribution in [2.45, 2.75) is 25.3 Å². The number of carbonyl (C=O) groups excluding carboxylic acids is 2. The van der Waals surface area contributed by atoms with Gasteiger partial charge in [0.15, 0.2) is 0 Å². The van der Waals surface area contributed by atoms with Crippen LogP contribution in [-0.2, 0) is 9.59 Å². The summed E-state index contributed by atoms with van der Waals surface area (Å²) in [5, 5.41) is 5.05. The Hall–Kier alpha value is -0.750. The Morgan fingerprint density at radius 2 is 1.95 bits per heavy atom. The van der Waals surface area contributed by atoms with Crippen molar-refractivity contribution in [1.82, 2.24) is 15.5 Å². The second-order valence-electron chi connectivity index (χ2n) is 5.29. The third-order valence-corrected chi connectivity index (χ3v) is 5.20. The van der Waals surface area contributed by atoms with Crippen LogP contribution in [0.5, 0.6) is 0 Å². The second kappa shape index (κ2) is 7.14. The molecular weight excluding hydrogens is 262 g/mol. The highest BCUT2D eigenvalue weighted by molar-refractivity contribution is 7.99. The first-order valence-electron chi connectivity index (χ1n) is 7.02. The molecule has 2 saturated heterocycles. The Morgan fingerprint density at radius 3 is 2.53 bits per heavy atom. The molecule has 2 amide bonds. The zero-order valence-electron chi connectivity index (χ0n) is 11.5. The molecule has 2 heterocycles. The van der Waals surface area contributed by atoms with E-state index in [0.29, 0.717) is 12.5 Å². The van der Waals surface area contributed by atoms with E-state index in [1.807, 2.05) is 0 Å². The lowest BCUT2D eigenvalue weighted by Crippen LogP contribution is -2.45. The van der Waals surface area contributed by atoms with E-state index in [1.165, 1.54) is 25.0 Å². The smallest absolute Gasteiger partial charge is 0.309 e. The summed E-state index contributed by atoms with van der Waals surface area (Å²) in [7, 11) is 1.47. The van der Waals surface area contributed by atoms with Gasteiger partial charge >= 0.3 is 11.8 Å². The van der Waals surface area contributed by atoms with Crippen LogP contribution in [0.25, 0.3) is 0 Å². The molecule has 5 nitrogen and oxygen atoms in total. The largest absolute Gasteiger partial charge is 0.351 e. The van der Waals surface area contributed by atoms with Crippen LogP contribution in [0.2, 0.25) is 0 Å². The number of likely N-dealkylation sites (tertiary alicyclic amines) is 1. The minimum Gasteiger partial charge on any atom is -0.351 e. The van der Waals surface area contributed by atoms with Crippen molar-refractivity contribution in [3.8, 4) is 0 Å². The van der Waals surface area contributed by atoms with Crippen LogP contribution < -0.4 is 10.6 Å². The maximum Gasteiger partial charge on any atom is 0.309 e. The normalized spacial score (nSPS) is 25.2. The molecule has 0 aromatic rings. The molecule has 2 rings (SSSR count). The zero-order chi connectivity index (χ0) is 13.7. The molecule has 0 unspecified atom stereocenters. The molecule has 0 radical (unpaired) electrons. The van der Waals surface area contributed by atoms with Crippen LogP contribution in [0, 0.1) is 5.92 Å². The lowest BCUT2D eigenvalue weighted by molar-refractivity contribution is -0.139. The monoisotopic (exact) mass is 285 g/mol. The molecule has 108 valence electrons. The number of amides is 2. The van der Waals surface area contributed by atoms with E-state index in [4.69, 9.17) is 0 Å². The van der Waals surface area contributed by atoms with Gasteiger partial charge in [0, 0.05) is 25.4 Å².